The second kappa shape index (κ2) is 12.1. The summed E-state index contributed by atoms with van der Waals surface area (Å²) >= 11 is 0. The van der Waals surface area contributed by atoms with E-state index in [0.717, 1.165) is 30.1 Å². The van der Waals surface area contributed by atoms with Crippen molar-refractivity contribution in [3.05, 3.63) is 59.7 Å². The number of aryl methyl sites for hydroxylation is 1. The third kappa shape index (κ3) is 6.60. The van der Waals surface area contributed by atoms with Crippen molar-refractivity contribution < 1.29 is 0 Å². The molecule has 30 heavy (non-hydrogen) atoms. The van der Waals surface area contributed by atoms with E-state index >= 15 is 0 Å². The molecule has 1 aromatic carbocycles. The van der Waals surface area contributed by atoms with Gasteiger partial charge in [-0.15, -0.1) is 0 Å². The van der Waals surface area contributed by atoms with Gasteiger partial charge in [-0.1, -0.05) is 55.8 Å². The highest BCUT2D eigenvalue weighted by Gasteiger charge is 2.29. The average molecular weight is 404 g/mol. The molecule has 0 aliphatic heterocycles. The summed E-state index contributed by atoms with van der Waals surface area (Å²) in [5, 5.41) is 8.60. The van der Waals surface area contributed by atoms with Gasteiger partial charge in [-0.3, -0.25) is 0 Å². The van der Waals surface area contributed by atoms with Crippen LogP contribution in [0.2, 0.25) is 0 Å². The molecule has 0 heterocycles. The fraction of sp³-hybridized carbons (Fsp3) is 0.621. The SMILES string of the molecule is C=C(C1CCC(CCC=CC#N)CC1)C1CCC(c2ccc(CCCC)cc2)CC1. The first-order valence-electron chi connectivity index (χ1n) is 12.5. The summed E-state index contributed by atoms with van der Waals surface area (Å²) in [7, 11) is 0. The molecule has 0 atom stereocenters. The van der Waals surface area contributed by atoms with Crippen molar-refractivity contribution in [1.82, 2.24) is 0 Å². The smallest absolute Gasteiger partial charge is 0.0908 e. The Morgan fingerprint density at radius 1 is 1.00 bits per heavy atom. The molecular weight excluding hydrogens is 362 g/mol. The van der Waals surface area contributed by atoms with Crippen molar-refractivity contribution in [2.45, 2.75) is 96.3 Å². The second-order valence-electron chi connectivity index (χ2n) is 9.80. The number of benzene rings is 1. The predicted molar refractivity (Wildman–Crippen MR) is 128 cm³/mol. The lowest BCUT2D eigenvalue weighted by atomic mass is 9.69. The van der Waals surface area contributed by atoms with Crippen LogP contribution < -0.4 is 0 Å². The first-order chi connectivity index (χ1) is 14.7. The average Bonchev–Trinajstić information content (AvgIpc) is 2.81. The molecule has 0 amide bonds. The Morgan fingerprint density at radius 3 is 2.23 bits per heavy atom. The highest BCUT2D eigenvalue weighted by atomic mass is 14.3. The van der Waals surface area contributed by atoms with Gasteiger partial charge >= 0.3 is 0 Å². The van der Waals surface area contributed by atoms with Crippen LogP contribution in [0.25, 0.3) is 0 Å². The number of rotatable bonds is 9. The summed E-state index contributed by atoms with van der Waals surface area (Å²) in [5.41, 5.74) is 4.64. The quantitative estimate of drug-likeness (QED) is 0.299. The van der Waals surface area contributed by atoms with E-state index in [1.165, 1.54) is 82.6 Å². The van der Waals surface area contributed by atoms with Gasteiger partial charge in [0.25, 0.3) is 0 Å². The van der Waals surface area contributed by atoms with Crippen LogP contribution in [0.3, 0.4) is 0 Å². The lowest BCUT2D eigenvalue weighted by molar-refractivity contribution is 0.260. The number of unbranched alkanes of at least 4 members (excludes halogenated alkanes) is 1. The molecule has 2 fully saturated rings. The Morgan fingerprint density at radius 2 is 1.63 bits per heavy atom. The first-order valence-corrected chi connectivity index (χ1v) is 12.5. The van der Waals surface area contributed by atoms with Gasteiger partial charge in [0.05, 0.1) is 6.07 Å². The lowest BCUT2D eigenvalue weighted by Gasteiger charge is -2.36. The molecule has 162 valence electrons. The molecule has 0 N–H and O–H groups in total. The van der Waals surface area contributed by atoms with Crippen molar-refractivity contribution in [2.75, 3.05) is 0 Å². The minimum atomic E-state index is 0.755. The van der Waals surface area contributed by atoms with Gasteiger partial charge in [0.1, 0.15) is 0 Å². The van der Waals surface area contributed by atoms with Crippen molar-refractivity contribution >= 4 is 0 Å². The Kier molecular flexibility index (Phi) is 9.26. The summed E-state index contributed by atoms with van der Waals surface area (Å²) in [6, 6.07) is 11.6. The van der Waals surface area contributed by atoms with Crippen LogP contribution in [0.15, 0.2) is 48.6 Å². The summed E-state index contributed by atoms with van der Waals surface area (Å²) in [4.78, 5) is 0. The lowest BCUT2D eigenvalue weighted by Crippen LogP contribution is -2.22. The molecular formula is C29H41N. The molecule has 0 bridgehead atoms. The maximum absolute atomic E-state index is 8.60. The standard InChI is InChI=1S/C29H41N/c1-3-4-8-24-12-16-28(17-13-24)29-20-18-27(19-21-29)23(2)26-14-10-25(11-15-26)9-6-5-7-22-30/h5,7,12-13,16-17,25-27,29H,2-4,6,8-11,14-15,18-21H2,1H3. The van der Waals surface area contributed by atoms with Crippen LogP contribution in [0, 0.1) is 29.1 Å². The van der Waals surface area contributed by atoms with E-state index in [1.54, 1.807) is 17.2 Å². The zero-order valence-corrected chi connectivity index (χ0v) is 19.1. The fourth-order valence-electron chi connectivity index (χ4n) is 5.76. The van der Waals surface area contributed by atoms with Crippen molar-refractivity contribution in [2.24, 2.45) is 17.8 Å². The summed E-state index contributed by atoms with van der Waals surface area (Å²) in [6.07, 6.45) is 20.5. The van der Waals surface area contributed by atoms with E-state index in [0.29, 0.717) is 0 Å². The molecule has 0 unspecified atom stereocenters. The number of hydrogen-bond acceptors (Lipinski definition) is 1. The van der Waals surface area contributed by atoms with Gasteiger partial charge in [0.15, 0.2) is 0 Å². The van der Waals surface area contributed by atoms with Gasteiger partial charge in [0.2, 0.25) is 0 Å². The molecule has 1 aromatic rings. The van der Waals surface area contributed by atoms with E-state index in [2.05, 4.69) is 43.8 Å². The van der Waals surface area contributed by atoms with Gasteiger partial charge in [0, 0.05) is 6.08 Å². The van der Waals surface area contributed by atoms with E-state index in [1.807, 2.05) is 6.08 Å². The third-order valence-corrected chi connectivity index (χ3v) is 7.83. The van der Waals surface area contributed by atoms with Crippen molar-refractivity contribution in [3.8, 4) is 6.07 Å². The Hall–Kier alpha value is -1.81. The molecule has 2 saturated carbocycles. The fourth-order valence-corrected chi connectivity index (χ4v) is 5.76. The minimum absolute atomic E-state index is 0.755. The van der Waals surface area contributed by atoms with Crippen molar-refractivity contribution in [3.63, 3.8) is 0 Å². The maximum Gasteiger partial charge on any atom is 0.0908 e. The molecule has 3 rings (SSSR count). The monoisotopic (exact) mass is 403 g/mol. The van der Waals surface area contributed by atoms with Gasteiger partial charge in [-0.25, -0.2) is 0 Å². The van der Waals surface area contributed by atoms with E-state index in [9.17, 15) is 0 Å². The van der Waals surface area contributed by atoms with Crippen LogP contribution in [0.5, 0.6) is 0 Å². The van der Waals surface area contributed by atoms with Crippen LogP contribution in [-0.2, 0) is 6.42 Å². The summed E-state index contributed by atoms with van der Waals surface area (Å²) < 4.78 is 0. The van der Waals surface area contributed by atoms with E-state index < -0.39 is 0 Å². The topological polar surface area (TPSA) is 23.8 Å². The number of hydrogen-bond donors (Lipinski definition) is 0. The van der Waals surface area contributed by atoms with Crippen LogP contribution in [-0.4, -0.2) is 0 Å². The number of nitrogens with zero attached hydrogens (tertiary/aromatic N) is 1. The Bertz CT molecular complexity index is 704. The largest absolute Gasteiger partial charge is 0.193 e. The molecule has 0 radical (unpaired) electrons. The molecule has 1 nitrogen and oxygen atoms in total. The molecule has 0 spiro atoms. The van der Waals surface area contributed by atoms with Crippen LogP contribution in [0.1, 0.15) is 101 Å². The Labute approximate surface area is 185 Å². The highest BCUT2D eigenvalue weighted by molar-refractivity contribution is 5.26. The highest BCUT2D eigenvalue weighted by Crippen LogP contribution is 2.44. The molecule has 1 heteroatoms. The van der Waals surface area contributed by atoms with Gasteiger partial charge in [-0.05, 0) is 112 Å². The zero-order valence-electron chi connectivity index (χ0n) is 19.1. The van der Waals surface area contributed by atoms with Gasteiger partial charge in [-0.2, -0.15) is 5.26 Å². The normalized spacial score (nSPS) is 27.1. The maximum atomic E-state index is 8.60. The van der Waals surface area contributed by atoms with Crippen LogP contribution >= 0.6 is 0 Å². The number of nitriles is 1. The second-order valence-corrected chi connectivity index (χ2v) is 9.80. The summed E-state index contributed by atoms with van der Waals surface area (Å²) in [6.45, 7) is 6.87. The molecule has 0 saturated heterocycles. The zero-order chi connectivity index (χ0) is 21.2. The minimum Gasteiger partial charge on any atom is -0.193 e. The Balaban J connectivity index is 1.40. The third-order valence-electron chi connectivity index (χ3n) is 7.83. The van der Waals surface area contributed by atoms with E-state index in [4.69, 9.17) is 5.26 Å². The van der Waals surface area contributed by atoms with Crippen molar-refractivity contribution in [1.29, 1.82) is 5.26 Å². The molecule has 2 aliphatic rings. The number of allylic oxidation sites excluding steroid dienone is 3. The molecule has 2 aliphatic carbocycles. The first kappa shape index (κ1) is 22.9. The van der Waals surface area contributed by atoms with Crippen LogP contribution in [0.4, 0.5) is 0 Å². The van der Waals surface area contributed by atoms with Gasteiger partial charge < -0.3 is 0 Å². The predicted octanol–water partition coefficient (Wildman–Crippen LogP) is 8.53. The van der Waals surface area contributed by atoms with E-state index in [-0.39, 0.29) is 0 Å². The molecule has 0 aromatic heterocycles. The summed E-state index contributed by atoms with van der Waals surface area (Å²) in [5.74, 6) is 3.13.